The molecule has 0 saturated heterocycles. The topological polar surface area (TPSA) is 44.2 Å². The highest BCUT2D eigenvalue weighted by Gasteiger charge is 2.11. The van der Waals surface area contributed by atoms with Crippen molar-refractivity contribution in [3.05, 3.63) is 35.8 Å². The van der Waals surface area contributed by atoms with Crippen molar-refractivity contribution in [3.8, 4) is 22.8 Å². The molecule has 0 unspecified atom stereocenters. The fourth-order valence-corrected chi connectivity index (χ4v) is 1.86. The normalized spacial score (nSPS) is 10.2. The molecule has 1 aromatic carbocycles. The van der Waals surface area contributed by atoms with Gasteiger partial charge in [-0.25, -0.2) is 9.97 Å². The molecule has 0 saturated carbocycles. The second kappa shape index (κ2) is 5.04. The van der Waals surface area contributed by atoms with Crippen LogP contribution in [0.2, 0.25) is 0 Å². The highest BCUT2D eigenvalue weighted by atomic mass is 16.5. The van der Waals surface area contributed by atoms with Gasteiger partial charge in [0.1, 0.15) is 5.82 Å². The summed E-state index contributed by atoms with van der Waals surface area (Å²) in [7, 11) is 3.26. The minimum atomic E-state index is 0.703. The third kappa shape index (κ3) is 2.27. The number of aromatic nitrogens is 2. The lowest BCUT2D eigenvalue weighted by atomic mass is 10.0. The molecule has 18 heavy (non-hydrogen) atoms. The van der Waals surface area contributed by atoms with Gasteiger partial charge in [-0.3, -0.25) is 0 Å². The minimum absolute atomic E-state index is 0.703. The van der Waals surface area contributed by atoms with E-state index in [1.165, 1.54) is 0 Å². The Morgan fingerprint density at radius 3 is 2.28 bits per heavy atom. The van der Waals surface area contributed by atoms with Crippen LogP contribution in [-0.4, -0.2) is 24.2 Å². The van der Waals surface area contributed by atoms with Gasteiger partial charge < -0.3 is 9.47 Å². The van der Waals surface area contributed by atoms with E-state index in [1.807, 2.05) is 32.0 Å². The Morgan fingerprint density at radius 2 is 1.67 bits per heavy atom. The van der Waals surface area contributed by atoms with Gasteiger partial charge in [0.25, 0.3) is 0 Å². The molecule has 0 aliphatic carbocycles. The largest absolute Gasteiger partial charge is 0.493 e. The summed E-state index contributed by atoms with van der Waals surface area (Å²) >= 11 is 0. The van der Waals surface area contributed by atoms with E-state index >= 15 is 0 Å². The third-order valence-corrected chi connectivity index (χ3v) is 2.78. The molecule has 0 spiro atoms. The lowest BCUT2D eigenvalue weighted by molar-refractivity contribution is 0.355. The van der Waals surface area contributed by atoms with E-state index < -0.39 is 0 Å². The van der Waals surface area contributed by atoms with Gasteiger partial charge in [-0.1, -0.05) is 0 Å². The monoisotopic (exact) mass is 244 g/mol. The summed E-state index contributed by atoms with van der Waals surface area (Å²) in [5.74, 6) is 2.18. The van der Waals surface area contributed by atoms with Crippen LogP contribution in [0.25, 0.3) is 11.3 Å². The second-order valence-corrected chi connectivity index (χ2v) is 4.01. The number of nitrogens with zero attached hydrogens (tertiary/aromatic N) is 2. The van der Waals surface area contributed by atoms with E-state index in [0.29, 0.717) is 5.75 Å². The summed E-state index contributed by atoms with van der Waals surface area (Å²) in [5.41, 5.74) is 3.00. The van der Waals surface area contributed by atoms with Crippen molar-refractivity contribution in [1.29, 1.82) is 0 Å². The fourth-order valence-electron chi connectivity index (χ4n) is 1.86. The van der Waals surface area contributed by atoms with Crippen molar-refractivity contribution in [2.75, 3.05) is 14.2 Å². The molecule has 0 amide bonds. The van der Waals surface area contributed by atoms with Gasteiger partial charge in [0.15, 0.2) is 11.5 Å². The van der Waals surface area contributed by atoms with E-state index in [0.717, 1.165) is 28.4 Å². The van der Waals surface area contributed by atoms with Crippen LogP contribution in [0.1, 0.15) is 11.4 Å². The Balaban J connectivity index is 2.57. The molecular formula is C14H16N2O2. The third-order valence-electron chi connectivity index (χ3n) is 2.78. The molecule has 1 aromatic heterocycles. The fraction of sp³-hybridized carbons (Fsp3) is 0.286. The molecule has 4 heteroatoms. The Kier molecular flexibility index (Phi) is 3.46. The molecule has 0 radical (unpaired) electrons. The van der Waals surface area contributed by atoms with Crippen molar-refractivity contribution in [3.63, 3.8) is 0 Å². The Bertz CT molecular complexity index is 568. The number of rotatable bonds is 3. The van der Waals surface area contributed by atoms with E-state index in [9.17, 15) is 0 Å². The molecular weight excluding hydrogens is 228 g/mol. The summed E-state index contributed by atoms with van der Waals surface area (Å²) < 4.78 is 10.6. The van der Waals surface area contributed by atoms with Crippen LogP contribution in [-0.2, 0) is 0 Å². The van der Waals surface area contributed by atoms with E-state index in [1.54, 1.807) is 20.4 Å². The smallest absolute Gasteiger partial charge is 0.161 e. The van der Waals surface area contributed by atoms with Gasteiger partial charge >= 0.3 is 0 Å². The standard InChI is InChI=1S/C14H16N2O2/c1-9-7-13(17-3)14(18-4)8-11(9)12-5-6-15-10(2)16-12/h5-8H,1-4H3. The average molecular weight is 244 g/mol. The first-order valence-electron chi connectivity index (χ1n) is 5.68. The van der Waals surface area contributed by atoms with Crippen LogP contribution in [0.5, 0.6) is 11.5 Å². The first-order valence-corrected chi connectivity index (χ1v) is 5.68. The van der Waals surface area contributed by atoms with Gasteiger partial charge in [0.2, 0.25) is 0 Å². The Morgan fingerprint density at radius 1 is 1.00 bits per heavy atom. The van der Waals surface area contributed by atoms with Crippen molar-refractivity contribution in [1.82, 2.24) is 9.97 Å². The van der Waals surface area contributed by atoms with E-state index in [-0.39, 0.29) is 0 Å². The van der Waals surface area contributed by atoms with Crippen LogP contribution < -0.4 is 9.47 Å². The zero-order valence-corrected chi connectivity index (χ0v) is 11.0. The molecule has 0 aliphatic heterocycles. The maximum Gasteiger partial charge on any atom is 0.161 e. The predicted molar refractivity (Wildman–Crippen MR) is 70.0 cm³/mol. The summed E-state index contributed by atoms with van der Waals surface area (Å²) in [4.78, 5) is 8.53. The molecule has 4 nitrogen and oxygen atoms in total. The number of benzene rings is 1. The molecule has 0 N–H and O–H groups in total. The molecule has 0 bridgehead atoms. The molecule has 2 aromatic rings. The van der Waals surface area contributed by atoms with Crippen LogP contribution in [0.4, 0.5) is 0 Å². The van der Waals surface area contributed by atoms with Gasteiger partial charge in [-0.05, 0) is 37.6 Å². The summed E-state index contributed by atoms with van der Waals surface area (Å²) in [6.45, 7) is 3.90. The van der Waals surface area contributed by atoms with E-state index in [4.69, 9.17) is 9.47 Å². The Labute approximate surface area is 107 Å². The quantitative estimate of drug-likeness (QED) is 0.832. The molecule has 0 fully saturated rings. The first-order chi connectivity index (χ1) is 8.65. The number of aryl methyl sites for hydroxylation is 2. The van der Waals surface area contributed by atoms with Crippen molar-refractivity contribution < 1.29 is 9.47 Å². The summed E-state index contributed by atoms with van der Waals surface area (Å²) in [5, 5.41) is 0. The van der Waals surface area contributed by atoms with Crippen molar-refractivity contribution in [2.24, 2.45) is 0 Å². The molecule has 0 atom stereocenters. The zero-order valence-electron chi connectivity index (χ0n) is 11.0. The first kappa shape index (κ1) is 12.4. The van der Waals surface area contributed by atoms with Gasteiger partial charge in [-0.2, -0.15) is 0 Å². The van der Waals surface area contributed by atoms with Gasteiger partial charge in [0, 0.05) is 11.8 Å². The SMILES string of the molecule is COc1cc(C)c(-c2ccnc(C)n2)cc1OC. The maximum atomic E-state index is 5.32. The van der Waals surface area contributed by atoms with Crippen molar-refractivity contribution >= 4 is 0 Å². The van der Waals surface area contributed by atoms with Crippen molar-refractivity contribution in [2.45, 2.75) is 13.8 Å². The molecule has 0 aliphatic rings. The highest BCUT2D eigenvalue weighted by molar-refractivity contribution is 5.68. The summed E-state index contributed by atoms with van der Waals surface area (Å²) in [6, 6.07) is 5.78. The summed E-state index contributed by atoms with van der Waals surface area (Å²) in [6.07, 6.45) is 1.76. The molecule has 1 heterocycles. The van der Waals surface area contributed by atoms with Gasteiger partial charge in [-0.15, -0.1) is 0 Å². The van der Waals surface area contributed by atoms with Crippen LogP contribution in [0.15, 0.2) is 24.4 Å². The Hall–Kier alpha value is -2.10. The van der Waals surface area contributed by atoms with Crippen LogP contribution in [0.3, 0.4) is 0 Å². The zero-order chi connectivity index (χ0) is 13.1. The highest BCUT2D eigenvalue weighted by Crippen LogP contribution is 2.34. The van der Waals surface area contributed by atoms with Crippen LogP contribution in [0, 0.1) is 13.8 Å². The number of hydrogen-bond acceptors (Lipinski definition) is 4. The minimum Gasteiger partial charge on any atom is -0.493 e. The number of ether oxygens (including phenoxy) is 2. The number of methoxy groups -OCH3 is 2. The molecule has 94 valence electrons. The average Bonchev–Trinajstić information content (AvgIpc) is 2.38. The second-order valence-electron chi connectivity index (χ2n) is 4.01. The van der Waals surface area contributed by atoms with Crippen LogP contribution >= 0.6 is 0 Å². The predicted octanol–water partition coefficient (Wildman–Crippen LogP) is 2.78. The lowest BCUT2D eigenvalue weighted by Gasteiger charge is -2.12. The van der Waals surface area contributed by atoms with Gasteiger partial charge in [0.05, 0.1) is 19.9 Å². The lowest BCUT2D eigenvalue weighted by Crippen LogP contribution is -1.96. The molecule has 2 rings (SSSR count). The van der Waals surface area contributed by atoms with E-state index in [2.05, 4.69) is 9.97 Å². The maximum absolute atomic E-state index is 5.32. The number of hydrogen-bond donors (Lipinski definition) is 0.